The van der Waals surface area contributed by atoms with Gasteiger partial charge in [0.25, 0.3) is 5.91 Å². The molecule has 1 aliphatic heterocycles. The molecule has 142 valence electrons. The van der Waals surface area contributed by atoms with Gasteiger partial charge in [-0.05, 0) is 25.1 Å². The first-order valence-electron chi connectivity index (χ1n) is 7.93. The molecule has 2 heterocycles. The van der Waals surface area contributed by atoms with Gasteiger partial charge in [-0.1, -0.05) is 6.07 Å². The first-order chi connectivity index (χ1) is 11.8. The van der Waals surface area contributed by atoms with Crippen molar-refractivity contribution in [2.45, 2.75) is 19.6 Å². The lowest BCUT2D eigenvalue weighted by molar-refractivity contribution is -0.137. The van der Waals surface area contributed by atoms with E-state index >= 15 is 0 Å². The second-order valence-corrected chi connectivity index (χ2v) is 6.97. The Morgan fingerprint density at radius 1 is 1.23 bits per heavy atom. The van der Waals surface area contributed by atoms with Gasteiger partial charge in [-0.2, -0.15) is 13.2 Å². The molecule has 0 bridgehead atoms. The largest absolute Gasteiger partial charge is 0.416 e. The minimum absolute atomic E-state index is 0. The summed E-state index contributed by atoms with van der Waals surface area (Å²) in [5, 5.41) is 3.04. The van der Waals surface area contributed by atoms with E-state index in [4.69, 9.17) is 0 Å². The predicted octanol–water partition coefficient (Wildman–Crippen LogP) is 3.85. The highest BCUT2D eigenvalue weighted by Gasteiger charge is 2.31. The van der Waals surface area contributed by atoms with Crippen molar-refractivity contribution in [1.82, 2.24) is 14.8 Å². The maximum atomic E-state index is 12.8. The summed E-state index contributed by atoms with van der Waals surface area (Å²) in [5.41, 5.74) is 0.285. The van der Waals surface area contributed by atoms with Crippen molar-refractivity contribution in [2.24, 2.45) is 0 Å². The summed E-state index contributed by atoms with van der Waals surface area (Å²) in [6, 6.07) is 4.61. The number of hydrogen-bond donors (Lipinski definition) is 0. The number of benzene rings is 1. The normalized spacial score (nSPS) is 15.6. The Labute approximate surface area is 160 Å². The van der Waals surface area contributed by atoms with E-state index in [1.807, 2.05) is 12.3 Å². The average molecular weight is 406 g/mol. The first-order valence-corrected chi connectivity index (χ1v) is 8.81. The van der Waals surface area contributed by atoms with E-state index in [2.05, 4.69) is 9.88 Å². The van der Waals surface area contributed by atoms with Gasteiger partial charge in [-0.25, -0.2) is 4.98 Å². The minimum Gasteiger partial charge on any atom is -0.336 e. The van der Waals surface area contributed by atoms with Crippen molar-refractivity contribution >= 4 is 29.7 Å². The van der Waals surface area contributed by atoms with E-state index < -0.39 is 11.7 Å². The molecule has 1 aromatic carbocycles. The lowest BCUT2D eigenvalue weighted by atomic mass is 10.1. The lowest BCUT2D eigenvalue weighted by Gasteiger charge is -2.34. The van der Waals surface area contributed by atoms with Crippen LogP contribution in [0.25, 0.3) is 0 Å². The molecule has 9 heteroatoms. The standard InChI is InChI=1S/C17H18F3N3OS.ClH/c1-12-11-25-15(21-12)10-22-5-7-23(8-6-22)16(24)13-3-2-4-14(9-13)17(18,19)20;/h2-4,9,11H,5-8,10H2,1H3;1H. The van der Waals surface area contributed by atoms with Crippen molar-refractivity contribution in [3.63, 3.8) is 0 Å². The number of alkyl halides is 3. The molecule has 0 aliphatic carbocycles. The fourth-order valence-electron chi connectivity index (χ4n) is 2.79. The van der Waals surface area contributed by atoms with E-state index in [9.17, 15) is 18.0 Å². The Morgan fingerprint density at radius 3 is 2.50 bits per heavy atom. The van der Waals surface area contributed by atoms with E-state index in [0.717, 1.165) is 29.4 Å². The van der Waals surface area contributed by atoms with Crippen LogP contribution in [0.15, 0.2) is 29.6 Å². The number of piperazine rings is 1. The zero-order valence-electron chi connectivity index (χ0n) is 14.1. The van der Waals surface area contributed by atoms with E-state index in [1.165, 1.54) is 12.1 Å². The molecular formula is C17H19ClF3N3OS. The van der Waals surface area contributed by atoms with Crippen LogP contribution in [0.4, 0.5) is 13.2 Å². The number of rotatable bonds is 3. The summed E-state index contributed by atoms with van der Waals surface area (Å²) in [5.74, 6) is -0.351. The maximum absolute atomic E-state index is 12.8. The fourth-order valence-corrected chi connectivity index (χ4v) is 3.60. The number of carbonyl (C=O) groups excluding carboxylic acids is 1. The van der Waals surface area contributed by atoms with Crippen LogP contribution >= 0.6 is 23.7 Å². The third-order valence-electron chi connectivity index (χ3n) is 4.12. The fraction of sp³-hybridized carbons (Fsp3) is 0.412. The zero-order valence-corrected chi connectivity index (χ0v) is 15.8. The van der Waals surface area contributed by atoms with Crippen LogP contribution in [0.3, 0.4) is 0 Å². The molecule has 2 aromatic rings. The number of amides is 1. The van der Waals surface area contributed by atoms with Crippen molar-refractivity contribution < 1.29 is 18.0 Å². The molecule has 0 unspecified atom stereocenters. The van der Waals surface area contributed by atoms with Gasteiger partial charge in [0, 0.05) is 42.8 Å². The van der Waals surface area contributed by atoms with Gasteiger partial charge in [0.05, 0.1) is 12.1 Å². The topological polar surface area (TPSA) is 36.4 Å². The van der Waals surface area contributed by atoms with Crippen LogP contribution in [0.5, 0.6) is 0 Å². The highest BCUT2D eigenvalue weighted by molar-refractivity contribution is 7.09. The summed E-state index contributed by atoms with van der Waals surface area (Å²) < 4.78 is 38.4. The predicted molar refractivity (Wildman–Crippen MR) is 96.7 cm³/mol. The first kappa shape index (κ1) is 20.7. The van der Waals surface area contributed by atoms with Gasteiger partial charge in [-0.3, -0.25) is 9.69 Å². The number of hydrogen-bond acceptors (Lipinski definition) is 4. The lowest BCUT2D eigenvalue weighted by Crippen LogP contribution is -2.48. The Kier molecular flexibility index (Phi) is 6.65. The number of carbonyl (C=O) groups is 1. The number of nitrogens with zero attached hydrogens (tertiary/aromatic N) is 3. The Morgan fingerprint density at radius 2 is 1.92 bits per heavy atom. The van der Waals surface area contributed by atoms with Gasteiger partial charge in [-0.15, -0.1) is 23.7 Å². The second kappa shape index (κ2) is 8.37. The van der Waals surface area contributed by atoms with Gasteiger partial charge in [0.15, 0.2) is 0 Å². The molecule has 1 fully saturated rings. The Bertz CT molecular complexity index is 758. The molecule has 0 saturated carbocycles. The van der Waals surface area contributed by atoms with E-state index in [0.29, 0.717) is 26.2 Å². The summed E-state index contributed by atoms with van der Waals surface area (Å²) in [6.07, 6.45) is -4.44. The van der Waals surface area contributed by atoms with Crippen LogP contribution in [0, 0.1) is 6.92 Å². The number of aromatic nitrogens is 1. The number of halogens is 4. The quantitative estimate of drug-likeness (QED) is 0.778. The van der Waals surface area contributed by atoms with E-state index in [-0.39, 0.29) is 23.9 Å². The highest BCUT2D eigenvalue weighted by Crippen LogP contribution is 2.29. The average Bonchev–Trinajstić information content (AvgIpc) is 2.99. The van der Waals surface area contributed by atoms with Gasteiger partial charge in [0.2, 0.25) is 0 Å². The van der Waals surface area contributed by atoms with Crippen LogP contribution in [0.1, 0.15) is 26.6 Å². The molecule has 4 nitrogen and oxygen atoms in total. The summed E-state index contributed by atoms with van der Waals surface area (Å²) in [6.45, 7) is 5.06. The van der Waals surface area contributed by atoms with Crippen molar-refractivity contribution in [1.29, 1.82) is 0 Å². The monoisotopic (exact) mass is 405 g/mol. The molecule has 1 aromatic heterocycles. The zero-order chi connectivity index (χ0) is 18.0. The molecule has 0 N–H and O–H groups in total. The van der Waals surface area contributed by atoms with Crippen molar-refractivity contribution in [3.05, 3.63) is 51.5 Å². The highest BCUT2D eigenvalue weighted by atomic mass is 35.5. The molecule has 1 saturated heterocycles. The van der Waals surface area contributed by atoms with Crippen LogP contribution in [-0.4, -0.2) is 46.9 Å². The molecular weight excluding hydrogens is 387 g/mol. The SMILES string of the molecule is Cc1csc(CN2CCN(C(=O)c3cccc(C(F)(F)F)c3)CC2)n1.Cl. The summed E-state index contributed by atoms with van der Waals surface area (Å²) in [7, 11) is 0. The second-order valence-electron chi connectivity index (χ2n) is 6.03. The maximum Gasteiger partial charge on any atom is 0.416 e. The molecule has 26 heavy (non-hydrogen) atoms. The van der Waals surface area contributed by atoms with Crippen LogP contribution in [-0.2, 0) is 12.7 Å². The molecule has 0 radical (unpaired) electrons. The van der Waals surface area contributed by atoms with Gasteiger partial charge >= 0.3 is 6.18 Å². The van der Waals surface area contributed by atoms with Gasteiger partial charge in [0.1, 0.15) is 5.01 Å². The third kappa shape index (κ3) is 4.96. The van der Waals surface area contributed by atoms with Crippen LogP contribution < -0.4 is 0 Å². The molecule has 0 atom stereocenters. The number of aryl methyl sites for hydroxylation is 1. The Hall–Kier alpha value is -1.64. The molecule has 3 rings (SSSR count). The Balaban J connectivity index is 0.00000243. The third-order valence-corrected chi connectivity index (χ3v) is 5.07. The van der Waals surface area contributed by atoms with Crippen molar-refractivity contribution in [2.75, 3.05) is 26.2 Å². The smallest absolute Gasteiger partial charge is 0.336 e. The van der Waals surface area contributed by atoms with Crippen LogP contribution in [0.2, 0.25) is 0 Å². The molecule has 1 aliphatic rings. The minimum atomic E-state index is -4.44. The number of thiazole rings is 1. The molecule has 0 spiro atoms. The molecule has 1 amide bonds. The summed E-state index contributed by atoms with van der Waals surface area (Å²) in [4.78, 5) is 20.7. The van der Waals surface area contributed by atoms with Crippen molar-refractivity contribution in [3.8, 4) is 0 Å². The van der Waals surface area contributed by atoms with E-state index in [1.54, 1.807) is 16.2 Å². The van der Waals surface area contributed by atoms with Gasteiger partial charge < -0.3 is 4.90 Å². The summed E-state index contributed by atoms with van der Waals surface area (Å²) >= 11 is 1.61.